The molecular formula is C18H23NS. The zero-order valence-corrected chi connectivity index (χ0v) is 13.0. The van der Waals surface area contributed by atoms with Crippen LogP contribution in [-0.4, -0.2) is 6.54 Å². The first-order chi connectivity index (χ1) is 9.88. The number of likely N-dealkylation sites (N-methyl/N-ethyl adjacent to an activating group) is 1. The van der Waals surface area contributed by atoms with Crippen LogP contribution in [-0.2, 0) is 6.42 Å². The molecule has 1 aromatic carbocycles. The fourth-order valence-corrected chi connectivity index (χ4v) is 3.84. The van der Waals surface area contributed by atoms with Crippen molar-refractivity contribution in [1.82, 2.24) is 5.32 Å². The minimum Gasteiger partial charge on any atom is -0.310 e. The molecule has 2 aromatic rings. The van der Waals surface area contributed by atoms with Crippen LogP contribution in [0.1, 0.15) is 54.1 Å². The molecule has 0 saturated heterocycles. The van der Waals surface area contributed by atoms with Gasteiger partial charge in [-0.1, -0.05) is 43.7 Å². The van der Waals surface area contributed by atoms with E-state index in [4.69, 9.17) is 0 Å². The van der Waals surface area contributed by atoms with Crippen molar-refractivity contribution in [3.05, 3.63) is 57.8 Å². The Labute approximate surface area is 126 Å². The molecule has 2 heteroatoms. The van der Waals surface area contributed by atoms with Crippen LogP contribution in [0.4, 0.5) is 0 Å². The Kier molecular flexibility index (Phi) is 4.54. The molecular weight excluding hydrogens is 262 g/mol. The summed E-state index contributed by atoms with van der Waals surface area (Å²) >= 11 is 1.87. The SMILES string of the molecule is CCNC(Cc1cccs1)c1ccccc1C1CCC1. The molecule has 106 valence electrons. The third kappa shape index (κ3) is 2.97. The molecule has 1 aliphatic rings. The van der Waals surface area contributed by atoms with Crippen molar-refractivity contribution in [2.24, 2.45) is 0 Å². The maximum absolute atomic E-state index is 3.69. The van der Waals surface area contributed by atoms with Gasteiger partial charge in [-0.05, 0) is 47.9 Å². The summed E-state index contributed by atoms with van der Waals surface area (Å²) in [6.45, 7) is 3.22. The number of hydrogen-bond donors (Lipinski definition) is 1. The average Bonchev–Trinajstić information content (AvgIpc) is 2.90. The second-order valence-electron chi connectivity index (χ2n) is 5.65. The highest BCUT2D eigenvalue weighted by Crippen LogP contribution is 2.40. The average molecular weight is 285 g/mol. The van der Waals surface area contributed by atoms with E-state index in [0.717, 1.165) is 18.9 Å². The van der Waals surface area contributed by atoms with Crippen LogP contribution in [0.2, 0.25) is 0 Å². The first kappa shape index (κ1) is 13.8. The Balaban J connectivity index is 1.86. The molecule has 1 fully saturated rings. The van der Waals surface area contributed by atoms with Crippen molar-refractivity contribution in [3.63, 3.8) is 0 Å². The molecule has 1 nitrogen and oxygen atoms in total. The molecule has 1 atom stereocenters. The third-order valence-corrected chi connectivity index (χ3v) is 5.25. The van der Waals surface area contributed by atoms with E-state index >= 15 is 0 Å². The largest absolute Gasteiger partial charge is 0.310 e. The minimum atomic E-state index is 0.454. The Morgan fingerprint density at radius 3 is 2.70 bits per heavy atom. The summed E-state index contributed by atoms with van der Waals surface area (Å²) in [6.07, 6.45) is 5.24. The molecule has 1 N–H and O–H groups in total. The van der Waals surface area contributed by atoms with Crippen LogP contribution in [0, 0.1) is 0 Å². The van der Waals surface area contributed by atoms with Gasteiger partial charge in [-0.25, -0.2) is 0 Å². The van der Waals surface area contributed by atoms with Crippen molar-refractivity contribution < 1.29 is 0 Å². The first-order valence-corrected chi connectivity index (χ1v) is 8.61. The molecule has 20 heavy (non-hydrogen) atoms. The van der Waals surface area contributed by atoms with Gasteiger partial charge in [-0.15, -0.1) is 11.3 Å². The summed E-state index contributed by atoms with van der Waals surface area (Å²) in [5.74, 6) is 0.802. The molecule has 1 heterocycles. The van der Waals surface area contributed by atoms with Gasteiger partial charge in [0.25, 0.3) is 0 Å². The van der Waals surface area contributed by atoms with Crippen LogP contribution in [0.25, 0.3) is 0 Å². The summed E-state index contributed by atoms with van der Waals surface area (Å²) in [6, 6.07) is 13.9. The number of thiophene rings is 1. The predicted octanol–water partition coefficient (Wildman–Crippen LogP) is 4.91. The van der Waals surface area contributed by atoms with Gasteiger partial charge in [-0.2, -0.15) is 0 Å². The molecule has 0 bridgehead atoms. The van der Waals surface area contributed by atoms with E-state index in [2.05, 4.69) is 54.0 Å². The Morgan fingerprint density at radius 2 is 2.05 bits per heavy atom. The van der Waals surface area contributed by atoms with Crippen LogP contribution >= 0.6 is 11.3 Å². The van der Waals surface area contributed by atoms with E-state index < -0.39 is 0 Å². The van der Waals surface area contributed by atoms with Gasteiger partial charge in [0.05, 0.1) is 0 Å². The van der Waals surface area contributed by atoms with Crippen LogP contribution in [0.15, 0.2) is 41.8 Å². The zero-order chi connectivity index (χ0) is 13.8. The second-order valence-corrected chi connectivity index (χ2v) is 6.68. The van der Waals surface area contributed by atoms with Crippen LogP contribution < -0.4 is 5.32 Å². The lowest BCUT2D eigenvalue weighted by Crippen LogP contribution is -2.25. The normalized spacial score (nSPS) is 16.9. The van der Waals surface area contributed by atoms with Gasteiger partial charge in [-0.3, -0.25) is 0 Å². The maximum atomic E-state index is 3.69. The lowest BCUT2D eigenvalue weighted by Gasteiger charge is -2.30. The molecule has 1 saturated carbocycles. The first-order valence-electron chi connectivity index (χ1n) is 7.73. The standard InChI is InChI=1S/C18H23NS/c1-2-19-18(13-15-9-6-12-20-15)17-11-4-3-10-16(17)14-7-5-8-14/h3-4,6,9-12,14,18-19H,2,5,7-8,13H2,1H3. The van der Waals surface area contributed by atoms with Crippen molar-refractivity contribution in [2.45, 2.75) is 44.6 Å². The highest BCUT2D eigenvalue weighted by molar-refractivity contribution is 7.09. The van der Waals surface area contributed by atoms with E-state index in [0.29, 0.717) is 6.04 Å². The Morgan fingerprint density at radius 1 is 1.20 bits per heavy atom. The minimum absolute atomic E-state index is 0.454. The Bertz CT molecular complexity index is 528. The predicted molar refractivity (Wildman–Crippen MR) is 87.5 cm³/mol. The van der Waals surface area contributed by atoms with E-state index in [-0.39, 0.29) is 0 Å². The van der Waals surface area contributed by atoms with Gasteiger partial charge >= 0.3 is 0 Å². The fourth-order valence-electron chi connectivity index (χ4n) is 3.09. The second kappa shape index (κ2) is 6.55. The molecule has 0 aliphatic heterocycles. The summed E-state index contributed by atoms with van der Waals surface area (Å²) in [4.78, 5) is 1.47. The van der Waals surface area contributed by atoms with Crippen LogP contribution in [0.5, 0.6) is 0 Å². The van der Waals surface area contributed by atoms with Crippen molar-refractivity contribution in [3.8, 4) is 0 Å². The van der Waals surface area contributed by atoms with E-state index in [1.807, 2.05) is 11.3 Å². The maximum Gasteiger partial charge on any atom is 0.0371 e. The van der Waals surface area contributed by atoms with E-state index in [1.165, 1.54) is 29.7 Å². The molecule has 0 radical (unpaired) electrons. The highest BCUT2D eigenvalue weighted by atomic mass is 32.1. The fraction of sp³-hybridized carbons (Fsp3) is 0.444. The molecule has 0 amide bonds. The van der Waals surface area contributed by atoms with E-state index in [9.17, 15) is 0 Å². The summed E-state index contributed by atoms with van der Waals surface area (Å²) in [5.41, 5.74) is 3.11. The monoisotopic (exact) mass is 285 g/mol. The topological polar surface area (TPSA) is 12.0 Å². The van der Waals surface area contributed by atoms with Gasteiger partial charge in [0.1, 0.15) is 0 Å². The number of nitrogens with one attached hydrogen (secondary N) is 1. The molecule has 1 aromatic heterocycles. The zero-order valence-electron chi connectivity index (χ0n) is 12.1. The third-order valence-electron chi connectivity index (χ3n) is 4.35. The van der Waals surface area contributed by atoms with Crippen molar-refractivity contribution >= 4 is 11.3 Å². The van der Waals surface area contributed by atoms with E-state index in [1.54, 1.807) is 5.56 Å². The van der Waals surface area contributed by atoms with Crippen LogP contribution in [0.3, 0.4) is 0 Å². The number of benzene rings is 1. The van der Waals surface area contributed by atoms with Gasteiger partial charge in [0, 0.05) is 17.3 Å². The van der Waals surface area contributed by atoms with Gasteiger partial charge in [0.15, 0.2) is 0 Å². The number of rotatable bonds is 6. The summed E-state index contributed by atoms with van der Waals surface area (Å²) in [7, 11) is 0. The Hall–Kier alpha value is -1.12. The van der Waals surface area contributed by atoms with Gasteiger partial charge < -0.3 is 5.32 Å². The summed E-state index contributed by atoms with van der Waals surface area (Å²) < 4.78 is 0. The summed E-state index contributed by atoms with van der Waals surface area (Å²) in [5, 5.41) is 5.86. The molecule has 3 rings (SSSR count). The number of hydrogen-bond acceptors (Lipinski definition) is 2. The van der Waals surface area contributed by atoms with Crippen molar-refractivity contribution in [1.29, 1.82) is 0 Å². The quantitative estimate of drug-likeness (QED) is 0.795. The smallest absolute Gasteiger partial charge is 0.0371 e. The lowest BCUT2D eigenvalue weighted by molar-refractivity contribution is 0.411. The highest BCUT2D eigenvalue weighted by Gasteiger charge is 2.24. The molecule has 0 spiro atoms. The van der Waals surface area contributed by atoms with Gasteiger partial charge in [0.2, 0.25) is 0 Å². The molecule has 1 aliphatic carbocycles. The lowest BCUT2D eigenvalue weighted by atomic mass is 9.77. The molecule has 1 unspecified atom stereocenters. The van der Waals surface area contributed by atoms with Crippen molar-refractivity contribution in [2.75, 3.05) is 6.54 Å².